The quantitative estimate of drug-likeness (QED) is 0.909. The van der Waals surface area contributed by atoms with Crippen molar-refractivity contribution < 1.29 is 14.3 Å². The van der Waals surface area contributed by atoms with E-state index < -0.39 is 6.09 Å². The lowest BCUT2D eigenvalue weighted by Crippen LogP contribution is -2.25. The van der Waals surface area contributed by atoms with E-state index in [9.17, 15) is 9.59 Å². The van der Waals surface area contributed by atoms with Gasteiger partial charge in [0.15, 0.2) is 0 Å². The van der Waals surface area contributed by atoms with Crippen LogP contribution in [0.5, 0.6) is 0 Å². The smallest absolute Gasteiger partial charge is 0.413 e. The van der Waals surface area contributed by atoms with Crippen molar-refractivity contribution in [1.29, 1.82) is 0 Å². The van der Waals surface area contributed by atoms with Crippen molar-refractivity contribution >= 4 is 23.4 Å². The van der Waals surface area contributed by atoms with Gasteiger partial charge in [-0.05, 0) is 30.2 Å². The van der Waals surface area contributed by atoms with Gasteiger partial charge in [0.25, 0.3) is 0 Å². The van der Waals surface area contributed by atoms with E-state index in [1.165, 1.54) is 12.0 Å². The van der Waals surface area contributed by atoms with Crippen molar-refractivity contribution in [3.8, 4) is 0 Å². The highest BCUT2D eigenvalue weighted by Gasteiger charge is 2.10. The molecule has 0 aromatic heterocycles. The molecule has 0 unspecified atom stereocenters. The minimum Gasteiger partial charge on any atom is -0.452 e. The van der Waals surface area contributed by atoms with Gasteiger partial charge in [-0.1, -0.05) is 13.8 Å². The van der Waals surface area contributed by atoms with E-state index in [0.717, 1.165) is 0 Å². The molecule has 0 heterocycles. The highest BCUT2D eigenvalue weighted by molar-refractivity contribution is 5.91. The number of ether oxygens (including phenoxy) is 1. The van der Waals surface area contributed by atoms with Crippen LogP contribution in [0.15, 0.2) is 24.3 Å². The normalized spacial score (nSPS) is 10.2. The number of rotatable bonds is 4. The number of carbonyl (C=O) groups excluding carboxylic acids is 2. The van der Waals surface area contributed by atoms with Crippen LogP contribution in [0, 0.1) is 5.92 Å². The Morgan fingerprint density at radius 3 is 2.32 bits per heavy atom. The van der Waals surface area contributed by atoms with Crippen molar-refractivity contribution in [2.45, 2.75) is 20.3 Å². The lowest BCUT2D eigenvalue weighted by molar-refractivity contribution is -0.116. The first-order chi connectivity index (χ1) is 8.93. The van der Waals surface area contributed by atoms with E-state index in [1.54, 1.807) is 31.3 Å². The molecule has 1 rings (SSSR count). The van der Waals surface area contributed by atoms with Gasteiger partial charge in [0.2, 0.25) is 5.91 Å². The number of methoxy groups -OCH3 is 1. The molecule has 0 spiro atoms. The number of carbonyl (C=O) groups is 2. The molecule has 19 heavy (non-hydrogen) atoms. The molecule has 5 nitrogen and oxygen atoms in total. The molecule has 2 amide bonds. The topological polar surface area (TPSA) is 58.6 Å². The largest absolute Gasteiger partial charge is 0.452 e. The fraction of sp³-hybridized carbons (Fsp3) is 0.429. The average molecular weight is 264 g/mol. The van der Waals surface area contributed by atoms with Crippen LogP contribution in [0.4, 0.5) is 16.2 Å². The van der Waals surface area contributed by atoms with Gasteiger partial charge in [-0.15, -0.1) is 0 Å². The molecule has 0 aliphatic heterocycles. The van der Waals surface area contributed by atoms with Crippen LogP contribution in [0.1, 0.15) is 20.3 Å². The minimum atomic E-state index is -0.434. The fourth-order valence-electron chi connectivity index (χ4n) is 1.59. The predicted octanol–water partition coefficient (Wildman–Crippen LogP) is 2.87. The van der Waals surface area contributed by atoms with E-state index in [0.29, 0.717) is 23.7 Å². The predicted molar refractivity (Wildman–Crippen MR) is 75.3 cm³/mol. The standard InChI is InChI=1S/C14H20N2O3/c1-10(2)9-13(17)15-11-5-7-12(8-6-11)16(3)14(18)19-4/h5-8,10H,9H2,1-4H3,(H,15,17). The molecule has 0 saturated carbocycles. The van der Waals surface area contributed by atoms with Crippen LogP contribution in [0.25, 0.3) is 0 Å². The zero-order valence-corrected chi connectivity index (χ0v) is 11.8. The average Bonchev–Trinajstić information content (AvgIpc) is 2.36. The molecule has 5 heteroatoms. The molecule has 0 aliphatic rings. The van der Waals surface area contributed by atoms with Crippen LogP contribution in [0.2, 0.25) is 0 Å². The Morgan fingerprint density at radius 1 is 1.26 bits per heavy atom. The first kappa shape index (κ1) is 15.0. The number of nitrogens with one attached hydrogen (secondary N) is 1. The molecular weight excluding hydrogens is 244 g/mol. The van der Waals surface area contributed by atoms with E-state index in [-0.39, 0.29) is 5.91 Å². The van der Waals surface area contributed by atoms with Gasteiger partial charge in [0, 0.05) is 24.8 Å². The Kier molecular flexibility index (Phi) is 5.36. The van der Waals surface area contributed by atoms with Gasteiger partial charge in [-0.2, -0.15) is 0 Å². The second kappa shape index (κ2) is 6.78. The van der Waals surface area contributed by atoms with Gasteiger partial charge in [-0.3, -0.25) is 9.69 Å². The number of amides is 2. The maximum absolute atomic E-state index is 11.6. The molecular formula is C14H20N2O3. The summed E-state index contributed by atoms with van der Waals surface area (Å²) >= 11 is 0. The summed E-state index contributed by atoms with van der Waals surface area (Å²) in [5.74, 6) is 0.314. The van der Waals surface area contributed by atoms with Crippen molar-refractivity contribution in [2.75, 3.05) is 24.4 Å². The molecule has 0 aliphatic carbocycles. The SMILES string of the molecule is COC(=O)N(C)c1ccc(NC(=O)CC(C)C)cc1. The van der Waals surface area contributed by atoms with E-state index >= 15 is 0 Å². The second-order valence-corrected chi connectivity index (χ2v) is 4.72. The summed E-state index contributed by atoms with van der Waals surface area (Å²) in [6.07, 6.45) is 0.0562. The molecule has 1 aromatic carbocycles. The second-order valence-electron chi connectivity index (χ2n) is 4.72. The van der Waals surface area contributed by atoms with Gasteiger partial charge >= 0.3 is 6.09 Å². The van der Waals surface area contributed by atoms with Crippen molar-refractivity contribution in [3.05, 3.63) is 24.3 Å². The van der Waals surface area contributed by atoms with Crippen molar-refractivity contribution in [1.82, 2.24) is 0 Å². The summed E-state index contributed by atoms with van der Waals surface area (Å²) in [6, 6.07) is 7.02. The first-order valence-electron chi connectivity index (χ1n) is 6.15. The Balaban J connectivity index is 2.66. The minimum absolute atomic E-state index is 0.0101. The summed E-state index contributed by atoms with van der Waals surface area (Å²) in [6.45, 7) is 3.99. The van der Waals surface area contributed by atoms with E-state index in [4.69, 9.17) is 0 Å². The zero-order valence-electron chi connectivity index (χ0n) is 11.8. The molecule has 0 fully saturated rings. The lowest BCUT2D eigenvalue weighted by Gasteiger charge is -2.16. The summed E-state index contributed by atoms with van der Waals surface area (Å²) in [7, 11) is 2.96. The Bertz CT molecular complexity index is 441. The Hall–Kier alpha value is -2.04. The van der Waals surface area contributed by atoms with Crippen LogP contribution < -0.4 is 10.2 Å². The molecule has 104 valence electrons. The van der Waals surface area contributed by atoms with E-state index in [1.807, 2.05) is 13.8 Å². The molecule has 0 bridgehead atoms. The third-order valence-electron chi connectivity index (χ3n) is 2.58. The summed E-state index contributed by atoms with van der Waals surface area (Å²) in [5.41, 5.74) is 1.42. The summed E-state index contributed by atoms with van der Waals surface area (Å²) < 4.78 is 4.62. The molecule has 0 saturated heterocycles. The fourth-order valence-corrected chi connectivity index (χ4v) is 1.59. The monoisotopic (exact) mass is 264 g/mol. The number of nitrogens with zero attached hydrogens (tertiary/aromatic N) is 1. The zero-order chi connectivity index (χ0) is 14.4. The molecule has 1 aromatic rings. The Labute approximate surface area is 113 Å². The number of hydrogen-bond acceptors (Lipinski definition) is 3. The lowest BCUT2D eigenvalue weighted by atomic mass is 10.1. The highest BCUT2D eigenvalue weighted by atomic mass is 16.5. The van der Waals surface area contributed by atoms with Crippen LogP contribution in [0.3, 0.4) is 0 Å². The van der Waals surface area contributed by atoms with Gasteiger partial charge in [-0.25, -0.2) is 4.79 Å². The molecule has 1 N–H and O–H groups in total. The highest BCUT2D eigenvalue weighted by Crippen LogP contribution is 2.17. The maximum atomic E-state index is 11.6. The van der Waals surface area contributed by atoms with Gasteiger partial charge in [0.05, 0.1) is 7.11 Å². The summed E-state index contributed by atoms with van der Waals surface area (Å²) in [4.78, 5) is 24.3. The number of anilines is 2. The van der Waals surface area contributed by atoms with Crippen LogP contribution >= 0.6 is 0 Å². The number of benzene rings is 1. The van der Waals surface area contributed by atoms with Crippen LogP contribution in [-0.4, -0.2) is 26.2 Å². The maximum Gasteiger partial charge on any atom is 0.413 e. The van der Waals surface area contributed by atoms with Crippen molar-refractivity contribution in [2.24, 2.45) is 5.92 Å². The van der Waals surface area contributed by atoms with E-state index in [2.05, 4.69) is 10.1 Å². The third kappa shape index (κ3) is 4.62. The van der Waals surface area contributed by atoms with Gasteiger partial charge < -0.3 is 10.1 Å². The molecule has 0 atom stereocenters. The van der Waals surface area contributed by atoms with Gasteiger partial charge in [0.1, 0.15) is 0 Å². The first-order valence-corrected chi connectivity index (χ1v) is 6.15. The number of hydrogen-bond donors (Lipinski definition) is 1. The van der Waals surface area contributed by atoms with Crippen molar-refractivity contribution in [3.63, 3.8) is 0 Å². The third-order valence-corrected chi connectivity index (χ3v) is 2.58. The molecule has 0 radical (unpaired) electrons. The summed E-state index contributed by atoms with van der Waals surface area (Å²) in [5, 5.41) is 2.81. The Morgan fingerprint density at radius 2 is 1.84 bits per heavy atom. The van der Waals surface area contributed by atoms with Crippen LogP contribution in [-0.2, 0) is 9.53 Å².